The zero-order chi connectivity index (χ0) is 22.3. The lowest BCUT2D eigenvalue weighted by molar-refractivity contribution is -0.166. The summed E-state index contributed by atoms with van der Waals surface area (Å²) in [5.41, 5.74) is -0.266. The summed E-state index contributed by atoms with van der Waals surface area (Å²) in [7, 11) is 2.58. The molecule has 10 heteroatoms. The Balaban J connectivity index is 2.30. The van der Waals surface area contributed by atoms with Crippen molar-refractivity contribution in [2.24, 2.45) is 0 Å². The van der Waals surface area contributed by atoms with Crippen LogP contribution in [-0.2, 0) is 19.1 Å². The highest BCUT2D eigenvalue weighted by molar-refractivity contribution is 5.97. The molecule has 0 aliphatic heterocycles. The van der Waals surface area contributed by atoms with Gasteiger partial charge in [-0.1, -0.05) is 24.3 Å². The molecule has 0 aromatic heterocycles. The SMILES string of the molecule is COc1ccccc1C(=O)OC(C(=O)O)C(OC(=O)c1ccccc1OC)C(=O)O. The monoisotopic (exact) mass is 418 g/mol. The third kappa shape index (κ3) is 5.04. The van der Waals surface area contributed by atoms with Crippen LogP contribution in [0.4, 0.5) is 0 Å². The van der Waals surface area contributed by atoms with E-state index in [0.717, 1.165) is 0 Å². The molecule has 0 bridgehead atoms. The highest BCUT2D eigenvalue weighted by atomic mass is 16.6. The molecule has 2 aromatic rings. The van der Waals surface area contributed by atoms with Gasteiger partial charge in [-0.25, -0.2) is 19.2 Å². The van der Waals surface area contributed by atoms with Gasteiger partial charge < -0.3 is 29.2 Å². The Morgan fingerprint density at radius 2 is 1.00 bits per heavy atom. The maximum absolute atomic E-state index is 12.4. The predicted molar refractivity (Wildman–Crippen MR) is 99.7 cm³/mol. The van der Waals surface area contributed by atoms with Crippen molar-refractivity contribution in [1.29, 1.82) is 0 Å². The Hall–Kier alpha value is -4.08. The molecular formula is C20H18O10. The van der Waals surface area contributed by atoms with E-state index in [1.807, 2.05) is 0 Å². The van der Waals surface area contributed by atoms with Gasteiger partial charge in [0, 0.05) is 0 Å². The van der Waals surface area contributed by atoms with Crippen LogP contribution in [0.1, 0.15) is 20.7 Å². The number of rotatable bonds is 9. The van der Waals surface area contributed by atoms with Crippen LogP contribution in [0.15, 0.2) is 48.5 Å². The molecule has 0 fully saturated rings. The Bertz CT molecular complexity index is 875. The number of carbonyl (C=O) groups excluding carboxylic acids is 2. The average molecular weight is 418 g/mol. The number of methoxy groups -OCH3 is 2. The predicted octanol–water partition coefficient (Wildman–Crippen LogP) is 1.62. The van der Waals surface area contributed by atoms with E-state index in [1.165, 1.54) is 50.6 Å². The van der Waals surface area contributed by atoms with E-state index >= 15 is 0 Å². The zero-order valence-electron chi connectivity index (χ0n) is 15.9. The third-order valence-electron chi connectivity index (χ3n) is 3.88. The Morgan fingerprint density at radius 3 is 1.30 bits per heavy atom. The Kier molecular flexibility index (Phi) is 7.34. The van der Waals surface area contributed by atoms with Gasteiger partial charge in [0.15, 0.2) is 0 Å². The first-order valence-corrected chi connectivity index (χ1v) is 8.43. The van der Waals surface area contributed by atoms with E-state index in [2.05, 4.69) is 0 Å². The minimum atomic E-state index is -2.32. The first-order valence-electron chi connectivity index (χ1n) is 8.43. The quantitative estimate of drug-likeness (QED) is 0.576. The molecule has 0 saturated heterocycles. The molecular weight excluding hydrogens is 400 g/mol. The lowest BCUT2D eigenvalue weighted by Gasteiger charge is -2.21. The second-order valence-electron chi connectivity index (χ2n) is 5.73. The highest BCUT2D eigenvalue weighted by Gasteiger charge is 2.41. The number of carboxylic acids is 2. The Labute approximate surface area is 170 Å². The Morgan fingerprint density at radius 1 is 0.667 bits per heavy atom. The summed E-state index contributed by atoms with van der Waals surface area (Å²) in [5.74, 6) is -5.80. The number of esters is 2. The summed E-state index contributed by atoms with van der Waals surface area (Å²) in [6.45, 7) is 0. The number of para-hydroxylation sites is 2. The molecule has 0 heterocycles. The molecule has 2 unspecified atom stereocenters. The number of benzene rings is 2. The van der Waals surface area contributed by atoms with Crippen molar-refractivity contribution in [3.63, 3.8) is 0 Å². The van der Waals surface area contributed by atoms with E-state index in [-0.39, 0.29) is 22.6 Å². The van der Waals surface area contributed by atoms with Crippen molar-refractivity contribution < 1.29 is 48.3 Å². The number of hydrogen-bond donors (Lipinski definition) is 2. The van der Waals surface area contributed by atoms with Crippen molar-refractivity contribution in [2.75, 3.05) is 14.2 Å². The fourth-order valence-electron chi connectivity index (χ4n) is 2.47. The summed E-state index contributed by atoms with van der Waals surface area (Å²) in [6, 6.07) is 11.6. The molecule has 2 rings (SSSR count). The number of aliphatic carboxylic acids is 2. The van der Waals surface area contributed by atoms with Gasteiger partial charge in [-0.3, -0.25) is 0 Å². The molecule has 0 aliphatic rings. The molecule has 0 amide bonds. The highest BCUT2D eigenvalue weighted by Crippen LogP contribution is 2.22. The van der Waals surface area contributed by atoms with Crippen LogP contribution >= 0.6 is 0 Å². The lowest BCUT2D eigenvalue weighted by atomic mass is 10.1. The molecule has 0 radical (unpaired) electrons. The van der Waals surface area contributed by atoms with Gasteiger partial charge in [0.2, 0.25) is 12.2 Å². The second kappa shape index (κ2) is 9.92. The number of ether oxygens (including phenoxy) is 4. The van der Waals surface area contributed by atoms with Crippen LogP contribution in [0.5, 0.6) is 11.5 Å². The van der Waals surface area contributed by atoms with E-state index in [1.54, 1.807) is 12.1 Å². The summed E-state index contributed by atoms with van der Waals surface area (Å²) >= 11 is 0. The molecule has 30 heavy (non-hydrogen) atoms. The summed E-state index contributed by atoms with van der Waals surface area (Å²) in [6.07, 6.45) is -4.64. The van der Waals surface area contributed by atoms with E-state index in [9.17, 15) is 29.4 Å². The van der Waals surface area contributed by atoms with Gasteiger partial charge in [0.05, 0.1) is 14.2 Å². The van der Waals surface area contributed by atoms with Crippen LogP contribution in [0.2, 0.25) is 0 Å². The minimum absolute atomic E-state index is 0.0875. The fraction of sp³-hybridized carbons (Fsp3) is 0.200. The van der Waals surface area contributed by atoms with Crippen molar-refractivity contribution in [3.05, 3.63) is 59.7 Å². The van der Waals surface area contributed by atoms with Gasteiger partial charge >= 0.3 is 23.9 Å². The first kappa shape index (κ1) is 22.2. The van der Waals surface area contributed by atoms with Gasteiger partial charge in [-0.05, 0) is 24.3 Å². The zero-order valence-corrected chi connectivity index (χ0v) is 15.9. The van der Waals surface area contributed by atoms with E-state index in [4.69, 9.17) is 18.9 Å². The maximum Gasteiger partial charge on any atom is 0.349 e. The summed E-state index contributed by atoms with van der Waals surface area (Å²) in [4.78, 5) is 48.0. The van der Waals surface area contributed by atoms with Crippen molar-refractivity contribution in [1.82, 2.24) is 0 Å². The number of carbonyl (C=O) groups is 4. The third-order valence-corrected chi connectivity index (χ3v) is 3.88. The van der Waals surface area contributed by atoms with Crippen molar-refractivity contribution in [2.45, 2.75) is 12.2 Å². The van der Waals surface area contributed by atoms with E-state index in [0.29, 0.717) is 0 Å². The second-order valence-corrected chi connectivity index (χ2v) is 5.73. The molecule has 2 aromatic carbocycles. The van der Waals surface area contributed by atoms with Crippen LogP contribution in [-0.4, -0.2) is 60.5 Å². The molecule has 2 N–H and O–H groups in total. The fourth-order valence-corrected chi connectivity index (χ4v) is 2.47. The minimum Gasteiger partial charge on any atom is -0.496 e. The molecule has 0 saturated carbocycles. The van der Waals surface area contributed by atoms with Gasteiger partial charge in [-0.15, -0.1) is 0 Å². The van der Waals surface area contributed by atoms with Gasteiger partial charge in [0.25, 0.3) is 0 Å². The van der Waals surface area contributed by atoms with Crippen LogP contribution in [0, 0.1) is 0 Å². The van der Waals surface area contributed by atoms with E-state index < -0.39 is 36.1 Å². The lowest BCUT2D eigenvalue weighted by Crippen LogP contribution is -2.46. The standard InChI is InChI=1S/C20H18O10/c1-27-13-9-5-3-7-11(13)19(25)29-15(17(21)22)16(18(23)24)30-20(26)12-8-4-6-10-14(12)28-2/h3-10,15-16H,1-2H3,(H,21,22)(H,23,24). The van der Waals surface area contributed by atoms with Crippen molar-refractivity contribution >= 4 is 23.9 Å². The molecule has 10 nitrogen and oxygen atoms in total. The molecule has 2 atom stereocenters. The molecule has 0 spiro atoms. The van der Waals surface area contributed by atoms with Crippen LogP contribution < -0.4 is 9.47 Å². The largest absolute Gasteiger partial charge is 0.496 e. The molecule has 158 valence electrons. The average Bonchev–Trinajstić information content (AvgIpc) is 2.75. The molecule has 0 aliphatic carbocycles. The van der Waals surface area contributed by atoms with Gasteiger partial charge in [0.1, 0.15) is 22.6 Å². The van der Waals surface area contributed by atoms with Gasteiger partial charge in [-0.2, -0.15) is 0 Å². The number of hydrogen-bond acceptors (Lipinski definition) is 8. The topological polar surface area (TPSA) is 146 Å². The smallest absolute Gasteiger partial charge is 0.349 e. The first-order chi connectivity index (χ1) is 14.3. The summed E-state index contributed by atoms with van der Waals surface area (Å²) < 4.78 is 19.7. The van der Waals surface area contributed by atoms with Crippen molar-refractivity contribution in [3.8, 4) is 11.5 Å². The number of carboxylic acid groups (broad SMARTS) is 2. The summed E-state index contributed by atoms with van der Waals surface area (Å²) in [5, 5.41) is 18.8. The normalized spacial score (nSPS) is 12.2. The van der Waals surface area contributed by atoms with Crippen LogP contribution in [0.3, 0.4) is 0 Å². The van der Waals surface area contributed by atoms with Crippen LogP contribution in [0.25, 0.3) is 0 Å². The maximum atomic E-state index is 12.4.